The van der Waals surface area contributed by atoms with E-state index in [1.165, 1.54) is 0 Å². The number of hydrogen-bond acceptors (Lipinski definition) is 3. The first-order chi connectivity index (χ1) is 6.65. The molecule has 1 N–H and O–H groups in total. The molecule has 3 nitrogen and oxygen atoms in total. The largest absolute Gasteiger partial charge is 0.377 e. The second kappa shape index (κ2) is 5.83. The molecule has 4 atom stereocenters. The minimum absolute atomic E-state index is 0.181. The standard InChI is InChI=1S/C10H21NO2S/c1-8(11-3)5-7-14(12)10-4-6-13-9(10)2/h8-11H,4-7H2,1-3H3. The first kappa shape index (κ1) is 12.1. The van der Waals surface area contributed by atoms with Crippen LogP contribution in [0.5, 0.6) is 0 Å². The minimum Gasteiger partial charge on any atom is -0.377 e. The van der Waals surface area contributed by atoms with Gasteiger partial charge in [0.05, 0.1) is 11.4 Å². The zero-order valence-electron chi connectivity index (χ0n) is 9.29. The highest BCUT2D eigenvalue weighted by Gasteiger charge is 2.29. The van der Waals surface area contributed by atoms with Crippen molar-refractivity contribution in [2.45, 2.75) is 44.1 Å². The lowest BCUT2D eigenvalue weighted by Crippen LogP contribution is -2.28. The van der Waals surface area contributed by atoms with Crippen molar-refractivity contribution in [1.82, 2.24) is 5.32 Å². The first-order valence-electron chi connectivity index (χ1n) is 5.31. The van der Waals surface area contributed by atoms with Crippen molar-refractivity contribution in [2.24, 2.45) is 0 Å². The summed E-state index contributed by atoms with van der Waals surface area (Å²) in [4.78, 5) is 0. The van der Waals surface area contributed by atoms with Crippen LogP contribution in [0.1, 0.15) is 26.7 Å². The Labute approximate surface area is 89.1 Å². The van der Waals surface area contributed by atoms with Gasteiger partial charge in [0.25, 0.3) is 0 Å². The van der Waals surface area contributed by atoms with Crippen molar-refractivity contribution in [3.8, 4) is 0 Å². The van der Waals surface area contributed by atoms with E-state index in [9.17, 15) is 4.21 Å². The molecule has 1 heterocycles. The summed E-state index contributed by atoms with van der Waals surface area (Å²) < 4.78 is 17.3. The smallest absolute Gasteiger partial charge is 0.0691 e. The Morgan fingerprint density at radius 1 is 1.64 bits per heavy atom. The van der Waals surface area contributed by atoms with Crippen LogP contribution >= 0.6 is 0 Å². The number of nitrogens with one attached hydrogen (secondary N) is 1. The molecule has 0 aromatic heterocycles. The second-order valence-electron chi connectivity index (χ2n) is 3.97. The van der Waals surface area contributed by atoms with Crippen molar-refractivity contribution in [2.75, 3.05) is 19.4 Å². The van der Waals surface area contributed by atoms with Gasteiger partial charge < -0.3 is 10.1 Å². The Morgan fingerprint density at radius 2 is 2.36 bits per heavy atom. The lowest BCUT2D eigenvalue weighted by Gasteiger charge is -2.15. The van der Waals surface area contributed by atoms with E-state index < -0.39 is 10.8 Å². The van der Waals surface area contributed by atoms with Crippen LogP contribution < -0.4 is 5.32 Å². The number of ether oxygens (including phenoxy) is 1. The SMILES string of the molecule is CNC(C)CCS(=O)C1CCOC1C. The fourth-order valence-corrected chi connectivity index (χ4v) is 3.40. The van der Waals surface area contributed by atoms with Crippen molar-refractivity contribution in [1.29, 1.82) is 0 Å². The van der Waals surface area contributed by atoms with Gasteiger partial charge in [-0.1, -0.05) is 0 Å². The molecule has 1 saturated heterocycles. The molecule has 1 fully saturated rings. The van der Waals surface area contributed by atoms with Crippen molar-refractivity contribution >= 4 is 10.8 Å². The van der Waals surface area contributed by atoms with E-state index in [1.54, 1.807) is 0 Å². The predicted molar refractivity (Wildman–Crippen MR) is 60.0 cm³/mol. The Balaban J connectivity index is 2.27. The Hall–Kier alpha value is 0.0700. The average Bonchev–Trinajstić information content (AvgIpc) is 2.60. The van der Waals surface area contributed by atoms with E-state index in [-0.39, 0.29) is 11.4 Å². The van der Waals surface area contributed by atoms with Crippen LogP contribution in [0.2, 0.25) is 0 Å². The van der Waals surface area contributed by atoms with Gasteiger partial charge in [0.2, 0.25) is 0 Å². The molecular weight excluding hydrogens is 198 g/mol. The van der Waals surface area contributed by atoms with Gasteiger partial charge in [0, 0.05) is 29.2 Å². The van der Waals surface area contributed by atoms with Gasteiger partial charge in [0.15, 0.2) is 0 Å². The highest BCUT2D eigenvalue weighted by molar-refractivity contribution is 7.85. The molecule has 1 rings (SSSR count). The summed E-state index contributed by atoms with van der Waals surface area (Å²) in [7, 11) is 1.23. The number of rotatable bonds is 5. The quantitative estimate of drug-likeness (QED) is 0.747. The molecule has 0 saturated carbocycles. The third kappa shape index (κ3) is 3.33. The zero-order chi connectivity index (χ0) is 10.6. The lowest BCUT2D eigenvalue weighted by atomic mass is 10.2. The van der Waals surface area contributed by atoms with Crippen LogP contribution in [0, 0.1) is 0 Å². The van der Waals surface area contributed by atoms with Crippen LogP contribution in [0.15, 0.2) is 0 Å². The van der Waals surface area contributed by atoms with Crippen LogP contribution in [-0.4, -0.2) is 41.0 Å². The van der Waals surface area contributed by atoms with Gasteiger partial charge in [0.1, 0.15) is 0 Å². The van der Waals surface area contributed by atoms with Gasteiger partial charge in [-0.15, -0.1) is 0 Å². The Bertz CT molecular complexity index is 199. The van der Waals surface area contributed by atoms with E-state index in [0.29, 0.717) is 6.04 Å². The summed E-state index contributed by atoms with van der Waals surface area (Å²) in [6.07, 6.45) is 2.12. The second-order valence-corrected chi connectivity index (χ2v) is 5.74. The maximum absolute atomic E-state index is 11.9. The normalized spacial score (nSPS) is 31.6. The number of hydrogen-bond donors (Lipinski definition) is 1. The highest BCUT2D eigenvalue weighted by atomic mass is 32.2. The Morgan fingerprint density at radius 3 is 2.86 bits per heavy atom. The topological polar surface area (TPSA) is 38.3 Å². The van der Waals surface area contributed by atoms with E-state index in [4.69, 9.17) is 4.74 Å². The molecule has 0 amide bonds. The summed E-state index contributed by atoms with van der Waals surface area (Å²) in [6, 6.07) is 0.455. The summed E-state index contributed by atoms with van der Waals surface area (Å²) in [5, 5.41) is 3.42. The summed E-state index contributed by atoms with van der Waals surface area (Å²) in [5.74, 6) is 0.792. The molecular formula is C10H21NO2S. The van der Waals surface area contributed by atoms with Crippen molar-refractivity contribution in [3.63, 3.8) is 0 Å². The van der Waals surface area contributed by atoms with Gasteiger partial charge in [-0.3, -0.25) is 4.21 Å². The lowest BCUT2D eigenvalue weighted by molar-refractivity contribution is 0.127. The van der Waals surface area contributed by atoms with Crippen molar-refractivity contribution < 1.29 is 8.95 Å². The monoisotopic (exact) mass is 219 g/mol. The van der Waals surface area contributed by atoms with Crippen LogP contribution in [0.3, 0.4) is 0 Å². The molecule has 1 aliphatic heterocycles. The van der Waals surface area contributed by atoms with Gasteiger partial charge in [-0.05, 0) is 33.7 Å². The third-order valence-electron chi connectivity index (χ3n) is 2.89. The molecule has 1 aliphatic rings. The molecule has 4 unspecified atom stereocenters. The minimum atomic E-state index is -0.713. The van der Waals surface area contributed by atoms with Crippen LogP contribution in [-0.2, 0) is 15.5 Å². The zero-order valence-corrected chi connectivity index (χ0v) is 10.1. The third-order valence-corrected chi connectivity index (χ3v) is 4.82. The molecule has 0 aromatic carbocycles. The van der Waals surface area contributed by atoms with Crippen LogP contribution in [0.25, 0.3) is 0 Å². The summed E-state index contributed by atoms with van der Waals surface area (Å²) >= 11 is 0. The summed E-state index contributed by atoms with van der Waals surface area (Å²) in [6.45, 7) is 4.92. The highest BCUT2D eigenvalue weighted by Crippen LogP contribution is 2.19. The molecule has 84 valence electrons. The molecule has 4 heteroatoms. The van der Waals surface area contributed by atoms with E-state index in [1.807, 2.05) is 14.0 Å². The van der Waals surface area contributed by atoms with Crippen molar-refractivity contribution in [3.05, 3.63) is 0 Å². The van der Waals surface area contributed by atoms with Gasteiger partial charge >= 0.3 is 0 Å². The molecule has 0 aliphatic carbocycles. The molecule has 0 aromatic rings. The van der Waals surface area contributed by atoms with E-state index in [0.717, 1.165) is 25.2 Å². The van der Waals surface area contributed by atoms with Gasteiger partial charge in [-0.25, -0.2) is 0 Å². The first-order valence-corrected chi connectivity index (χ1v) is 6.69. The predicted octanol–water partition coefficient (Wildman–Crippen LogP) is 0.910. The van der Waals surface area contributed by atoms with E-state index in [2.05, 4.69) is 12.2 Å². The molecule has 14 heavy (non-hydrogen) atoms. The van der Waals surface area contributed by atoms with E-state index >= 15 is 0 Å². The summed E-state index contributed by atoms with van der Waals surface area (Å²) in [5.41, 5.74) is 0. The average molecular weight is 219 g/mol. The molecule has 0 radical (unpaired) electrons. The maximum Gasteiger partial charge on any atom is 0.0691 e. The molecule has 0 spiro atoms. The molecule has 0 bridgehead atoms. The maximum atomic E-state index is 11.9. The fourth-order valence-electron chi connectivity index (χ4n) is 1.65. The van der Waals surface area contributed by atoms with Crippen LogP contribution in [0.4, 0.5) is 0 Å². The Kier molecular flexibility index (Phi) is 5.06. The van der Waals surface area contributed by atoms with Gasteiger partial charge in [-0.2, -0.15) is 0 Å². The fraction of sp³-hybridized carbons (Fsp3) is 1.00.